The Hall–Kier alpha value is -3.68. The topological polar surface area (TPSA) is 84.9 Å². The van der Waals surface area contributed by atoms with Gasteiger partial charge in [0.05, 0.1) is 13.2 Å². The van der Waals surface area contributed by atoms with Crippen LogP contribution in [0.1, 0.15) is 18.1 Å². The molecule has 0 aliphatic carbocycles. The van der Waals surface area contributed by atoms with Gasteiger partial charge in [-0.15, -0.1) is 0 Å². The van der Waals surface area contributed by atoms with E-state index in [2.05, 4.69) is 5.32 Å². The standard InChI is InChI=1S/C21H19FN2O5/c1-2-28-19(25)13-29-18-6-4-3-5-15(18)11-17-20(26)24(21(27)23-17)12-14-7-9-16(22)10-8-14/h3-11H,2,12-13H2,1H3,(H,23,27)/b17-11+. The third kappa shape index (κ3) is 4.98. The van der Waals surface area contributed by atoms with Crippen LogP contribution in [0, 0.1) is 5.82 Å². The first kappa shape index (κ1) is 20.1. The highest BCUT2D eigenvalue weighted by atomic mass is 19.1. The van der Waals surface area contributed by atoms with Gasteiger partial charge in [-0.1, -0.05) is 30.3 Å². The maximum absolute atomic E-state index is 13.0. The van der Waals surface area contributed by atoms with Crippen molar-refractivity contribution in [2.75, 3.05) is 13.2 Å². The van der Waals surface area contributed by atoms with Crippen molar-refractivity contribution in [2.45, 2.75) is 13.5 Å². The molecule has 0 spiro atoms. The molecule has 7 nitrogen and oxygen atoms in total. The summed E-state index contributed by atoms with van der Waals surface area (Å²) in [5.41, 5.74) is 1.21. The zero-order valence-corrected chi connectivity index (χ0v) is 15.7. The lowest BCUT2D eigenvalue weighted by molar-refractivity contribution is -0.145. The monoisotopic (exact) mass is 398 g/mol. The minimum atomic E-state index is -0.574. The summed E-state index contributed by atoms with van der Waals surface area (Å²) in [6.45, 7) is 1.69. The normalized spacial score (nSPS) is 14.8. The van der Waals surface area contributed by atoms with Gasteiger partial charge in [-0.25, -0.2) is 14.0 Å². The first-order valence-electron chi connectivity index (χ1n) is 8.94. The van der Waals surface area contributed by atoms with Crippen molar-refractivity contribution < 1.29 is 28.2 Å². The van der Waals surface area contributed by atoms with Gasteiger partial charge in [0.1, 0.15) is 17.3 Å². The van der Waals surface area contributed by atoms with E-state index in [1.165, 1.54) is 30.3 Å². The highest BCUT2D eigenvalue weighted by Crippen LogP contribution is 2.23. The van der Waals surface area contributed by atoms with E-state index in [0.717, 1.165) is 4.90 Å². The average Bonchev–Trinajstić information content (AvgIpc) is 2.96. The smallest absolute Gasteiger partial charge is 0.344 e. The van der Waals surface area contributed by atoms with Crippen LogP contribution in [-0.4, -0.2) is 36.0 Å². The Labute approximate surface area is 166 Å². The fraction of sp³-hybridized carbons (Fsp3) is 0.190. The van der Waals surface area contributed by atoms with Crippen molar-refractivity contribution >= 4 is 24.0 Å². The third-order valence-corrected chi connectivity index (χ3v) is 4.09. The van der Waals surface area contributed by atoms with Crippen molar-refractivity contribution in [1.82, 2.24) is 10.2 Å². The van der Waals surface area contributed by atoms with Crippen LogP contribution in [-0.2, 0) is 20.9 Å². The molecule has 1 N–H and O–H groups in total. The quantitative estimate of drug-likeness (QED) is 0.440. The summed E-state index contributed by atoms with van der Waals surface area (Å²) in [5.74, 6) is -1.05. The van der Waals surface area contributed by atoms with Gasteiger partial charge < -0.3 is 14.8 Å². The summed E-state index contributed by atoms with van der Waals surface area (Å²) >= 11 is 0. The molecule has 1 heterocycles. The zero-order chi connectivity index (χ0) is 20.8. The Kier molecular flexibility index (Phi) is 6.23. The van der Waals surface area contributed by atoms with Crippen LogP contribution in [0.4, 0.5) is 9.18 Å². The van der Waals surface area contributed by atoms with Crippen LogP contribution < -0.4 is 10.1 Å². The first-order chi connectivity index (χ1) is 14.0. The van der Waals surface area contributed by atoms with Crippen LogP contribution in [0.3, 0.4) is 0 Å². The molecule has 0 bridgehead atoms. The molecule has 0 saturated carbocycles. The van der Waals surface area contributed by atoms with Gasteiger partial charge in [0, 0.05) is 5.56 Å². The number of amides is 3. The van der Waals surface area contributed by atoms with Crippen LogP contribution in [0.2, 0.25) is 0 Å². The summed E-state index contributed by atoms with van der Waals surface area (Å²) < 4.78 is 23.3. The maximum Gasteiger partial charge on any atom is 0.344 e. The van der Waals surface area contributed by atoms with Gasteiger partial charge in [-0.3, -0.25) is 9.69 Å². The largest absolute Gasteiger partial charge is 0.481 e. The van der Waals surface area contributed by atoms with Gasteiger partial charge in [-0.05, 0) is 36.8 Å². The van der Waals surface area contributed by atoms with Crippen molar-refractivity contribution in [1.29, 1.82) is 0 Å². The molecule has 1 saturated heterocycles. The molecule has 8 heteroatoms. The number of urea groups is 1. The third-order valence-electron chi connectivity index (χ3n) is 4.09. The maximum atomic E-state index is 13.0. The molecule has 3 amide bonds. The summed E-state index contributed by atoms with van der Waals surface area (Å²) in [6, 6.07) is 11.8. The van der Waals surface area contributed by atoms with E-state index in [9.17, 15) is 18.8 Å². The summed E-state index contributed by atoms with van der Waals surface area (Å²) in [4.78, 5) is 37.4. The molecule has 1 aliphatic rings. The van der Waals surface area contributed by atoms with E-state index < -0.39 is 23.7 Å². The van der Waals surface area contributed by atoms with E-state index in [1.54, 1.807) is 31.2 Å². The minimum absolute atomic E-state index is 0.0172. The molecule has 0 aromatic heterocycles. The second kappa shape index (κ2) is 9.01. The first-order valence-corrected chi connectivity index (χ1v) is 8.94. The second-order valence-electron chi connectivity index (χ2n) is 6.14. The number of esters is 1. The van der Waals surface area contributed by atoms with Gasteiger partial charge in [0.25, 0.3) is 5.91 Å². The number of carbonyl (C=O) groups is 3. The van der Waals surface area contributed by atoms with Crippen LogP contribution >= 0.6 is 0 Å². The van der Waals surface area contributed by atoms with Crippen molar-refractivity contribution in [3.63, 3.8) is 0 Å². The molecule has 29 heavy (non-hydrogen) atoms. The van der Waals surface area contributed by atoms with E-state index in [1.807, 2.05) is 0 Å². The molecule has 1 aliphatic heterocycles. The number of nitrogens with zero attached hydrogens (tertiary/aromatic N) is 1. The number of nitrogens with one attached hydrogen (secondary N) is 1. The Morgan fingerprint density at radius 3 is 2.59 bits per heavy atom. The van der Waals surface area contributed by atoms with E-state index >= 15 is 0 Å². The van der Waals surface area contributed by atoms with Crippen LogP contribution in [0.15, 0.2) is 54.2 Å². The number of ether oxygens (including phenoxy) is 2. The summed E-state index contributed by atoms with van der Waals surface area (Å²) in [6.07, 6.45) is 1.48. The molecular weight excluding hydrogens is 379 g/mol. The molecule has 2 aromatic rings. The van der Waals surface area contributed by atoms with Crippen LogP contribution in [0.25, 0.3) is 6.08 Å². The SMILES string of the molecule is CCOC(=O)COc1ccccc1/C=C1/NC(=O)N(Cc2ccc(F)cc2)C1=O. The number of para-hydroxylation sites is 1. The lowest BCUT2D eigenvalue weighted by atomic mass is 10.1. The molecule has 150 valence electrons. The Morgan fingerprint density at radius 2 is 1.86 bits per heavy atom. The highest BCUT2D eigenvalue weighted by molar-refractivity contribution is 6.14. The Morgan fingerprint density at radius 1 is 1.14 bits per heavy atom. The molecular formula is C21H19FN2O5. The molecule has 1 fully saturated rings. The number of imide groups is 1. The van der Waals surface area contributed by atoms with Gasteiger partial charge in [0.2, 0.25) is 0 Å². The predicted molar refractivity (Wildman–Crippen MR) is 102 cm³/mol. The van der Waals surface area contributed by atoms with Crippen molar-refractivity contribution in [3.05, 3.63) is 71.2 Å². The van der Waals surface area contributed by atoms with E-state index in [4.69, 9.17) is 9.47 Å². The van der Waals surface area contributed by atoms with Gasteiger partial charge in [-0.2, -0.15) is 0 Å². The van der Waals surface area contributed by atoms with Crippen LogP contribution in [0.5, 0.6) is 5.75 Å². The van der Waals surface area contributed by atoms with Crippen molar-refractivity contribution in [3.8, 4) is 5.75 Å². The zero-order valence-electron chi connectivity index (χ0n) is 15.7. The fourth-order valence-corrected chi connectivity index (χ4v) is 2.71. The second-order valence-corrected chi connectivity index (χ2v) is 6.14. The van der Waals surface area contributed by atoms with E-state index in [0.29, 0.717) is 16.9 Å². The lowest BCUT2D eigenvalue weighted by Gasteiger charge is -2.11. The number of carbonyl (C=O) groups excluding carboxylic acids is 3. The van der Waals surface area contributed by atoms with Gasteiger partial charge >= 0.3 is 12.0 Å². The molecule has 0 radical (unpaired) electrons. The number of benzene rings is 2. The summed E-state index contributed by atoms with van der Waals surface area (Å²) in [5, 5.41) is 2.52. The summed E-state index contributed by atoms with van der Waals surface area (Å²) in [7, 11) is 0. The fourth-order valence-electron chi connectivity index (χ4n) is 2.71. The lowest BCUT2D eigenvalue weighted by Crippen LogP contribution is -2.30. The number of rotatable bonds is 7. The molecule has 0 atom stereocenters. The predicted octanol–water partition coefficient (Wildman–Crippen LogP) is 2.86. The Balaban J connectivity index is 1.75. The Bertz CT molecular complexity index is 956. The van der Waals surface area contributed by atoms with Gasteiger partial charge in [0.15, 0.2) is 6.61 Å². The number of hydrogen-bond acceptors (Lipinski definition) is 5. The molecule has 3 rings (SSSR count). The van der Waals surface area contributed by atoms with Crippen molar-refractivity contribution in [2.24, 2.45) is 0 Å². The minimum Gasteiger partial charge on any atom is -0.481 e. The van der Waals surface area contributed by atoms with E-state index in [-0.39, 0.29) is 25.5 Å². The molecule has 2 aromatic carbocycles. The average molecular weight is 398 g/mol. The molecule has 0 unspecified atom stereocenters. The highest BCUT2D eigenvalue weighted by Gasteiger charge is 2.33. The number of hydrogen-bond donors (Lipinski definition) is 1. The number of halogens is 1.